The summed E-state index contributed by atoms with van der Waals surface area (Å²) >= 11 is 0. The van der Waals surface area contributed by atoms with Crippen molar-refractivity contribution in [3.05, 3.63) is 0 Å². The summed E-state index contributed by atoms with van der Waals surface area (Å²) in [5.41, 5.74) is 0. The fraction of sp³-hybridized carbons (Fsp3) is 0.833. The average molecular weight is 421 g/mol. The predicted molar refractivity (Wildman–Crippen MR) is 110 cm³/mol. The van der Waals surface area contributed by atoms with Crippen LogP contribution in [-0.4, -0.2) is 35.7 Å². The van der Waals surface area contributed by atoms with Crippen molar-refractivity contribution in [1.29, 1.82) is 0 Å². The van der Waals surface area contributed by atoms with Gasteiger partial charge < -0.3 is 9.47 Å². The van der Waals surface area contributed by atoms with Crippen LogP contribution in [-0.2, 0) is 28.7 Å². The van der Waals surface area contributed by atoms with Gasteiger partial charge in [-0.3, -0.25) is 19.2 Å². The van der Waals surface area contributed by atoms with Crippen LogP contribution in [0.25, 0.3) is 0 Å². The van der Waals surface area contributed by atoms with Crippen molar-refractivity contribution in [2.75, 3.05) is 0 Å². The first kappa shape index (κ1) is 23.0. The molecule has 3 aliphatic rings. The standard InChI is InChI=1S/C24H36O6/c1-15(25)17-7-11-21(12-8-17)29-23(27)19-3-5-20(6-4-19)24(28)30-22-13-9-18(10-14-22)16(2)26/h17-22H,3-14H2,1-2H3. The quantitative estimate of drug-likeness (QED) is 0.599. The highest BCUT2D eigenvalue weighted by atomic mass is 16.5. The molecule has 0 bridgehead atoms. The van der Waals surface area contributed by atoms with Crippen LogP contribution < -0.4 is 0 Å². The van der Waals surface area contributed by atoms with E-state index in [0.29, 0.717) is 25.7 Å². The first-order valence-electron chi connectivity index (χ1n) is 11.7. The molecule has 0 N–H and O–H groups in total. The van der Waals surface area contributed by atoms with Gasteiger partial charge in [-0.25, -0.2) is 0 Å². The average Bonchev–Trinajstić information content (AvgIpc) is 2.74. The molecular weight excluding hydrogens is 384 g/mol. The Morgan fingerprint density at radius 1 is 0.467 bits per heavy atom. The SMILES string of the molecule is CC(=O)C1CCC(OC(=O)C2CCC(C(=O)OC3CCC(C(C)=O)CC3)CC2)CC1. The normalized spacial score (nSPS) is 34.6. The zero-order chi connectivity index (χ0) is 21.7. The van der Waals surface area contributed by atoms with Gasteiger partial charge in [0, 0.05) is 11.8 Å². The first-order chi connectivity index (χ1) is 14.3. The third-order valence-electron chi connectivity index (χ3n) is 7.46. The summed E-state index contributed by atoms with van der Waals surface area (Å²) < 4.78 is 11.4. The number of rotatable bonds is 6. The molecule has 6 heteroatoms. The fourth-order valence-electron chi connectivity index (χ4n) is 5.26. The molecule has 0 aromatic heterocycles. The summed E-state index contributed by atoms with van der Waals surface area (Å²) in [5, 5.41) is 0. The lowest BCUT2D eigenvalue weighted by molar-refractivity contribution is -0.163. The molecule has 0 saturated heterocycles. The van der Waals surface area contributed by atoms with E-state index in [9.17, 15) is 19.2 Å². The molecule has 0 aliphatic heterocycles. The Labute approximate surface area is 179 Å². The van der Waals surface area contributed by atoms with Crippen molar-refractivity contribution in [3.63, 3.8) is 0 Å². The molecule has 0 amide bonds. The molecule has 0 unspecified atom stereocenters. The van der Waals surface area contributed by atoms with Crippen LogP contribution >= 0.6 is 0 Å². The maximum atomic E-state index is 12.5. The zero-order valence-electron chi connectivity index (χ0n) is 18.4. The Morgan fingerprint density at radius 3 is 1.00 bits per heavy atom. The molecule has 0 atom stereocenters. The molecular formula is C24H36O6. The maximum absolute atomic E-state index is 12.5. The van der Waals surface area contributed by atoms with Crippen molar-refractivity contribution < 1.29 is 28.7 Å². The minimum absolute atomic E-state index is 0.0686. The van der Waals surface area contributed by atoms with Gasteiger partial charge in [0.1, 0.15) is 23.8 Å². The highest BCUT2D eigenvalue weighted by molar-refractivity contribution is 5.79. The molecule has 0 heterocycles. The highest BCUT2D eigenvalue weighted by Crippen LogP contribution is 2.34. The molecule has 168 valence electrons. The molecule has 3 aliphatic carbocycles. The van der Waals surface area contributed by atoms with Gasteiger partial charge in [0.15, 0.2) is 0 Å². The number of carbonyl (C=O) groups is 4. The van der Waals surface area contributed by atoms with Crippen LogP contribution in [0.15, 0.2) is 0 Å². The lowest BCUT2D eigenvalue weighted by Gasteiger charge is -2.32. The Morgan fingerprint density at radius 2 is 0.733 bits per heavy atom. The summed E-state index contributed by atoms with van der Waals surface area (Å²) in [7, 11) is 0. The van der Waals surface area contributed by atoms with Gasteiger partial charge in [0.25, 0.3) is 0 Å². The largest absolute Gasteiger partial charge is 0.462 e. The second-order valence-electron chi connectivity index (χ2n) is 9.59. The number of Topliss-reactive ketones (excluding diaryl/α,β-unsaturated/α-hetero) is 2. The van der Waals surface area contributed by atoms with E-state index in [1.54, 1.807) is 13.8 Å². The highest BCUT2D eigenvalue weighted by Gasteiger charge is 2.35. The number of carbonyl (C=O) groups excluding carboxylic acids is 4. The minimum Gasteiger partial charge on any atom is -0.462 e. The van der Waals surface area contributed by atoms with Crippen molar-refractivity contribution in [1.82, 2.24) is 0 Å². The van der Waals surface area contributed by atoms with Crippen molar-refractivity contribution in [3.8, 4) is 0 Å². The topological polar surface area (TPSA) is 86.7 Å². The van der Waals surface area contributed by atoms with Crippen LogP contribution in [0.1, 0.15) is 90.9 Å². The number of hydrogen-bond acceptors (Lipinski definition) is 6. The summed E-state index contributed by atoms with van der Waals surface area (Å²) in [4.78, 5) is 48.0. The number of ketones is 2. The molecule has 3 fully saturated rings. The smallest absolute Gasteiger partial charge is 0.309 e. The van der Waals surface area contributed by atoms with Gasteiger partial charge in [0.05, 0.1) is 11.8 Å². The third-order valence-corrected chi connectivity index (χ3v) is 7.46. The third kappa shape index (κ3) is 6.14. The molecule has 3 rings (SSSR count). The second kappa shape index (κ2) is 10.5. The minimum atomic E-state index is -0.143. The lowest BCUT2D eigenvalue weighted by atomic mass is 9.81. The van der Waals surface area contributed by atoms with E-state index in [2.05, 4.69) is 0 Å². The van der Waals surface area contributed by atoms with Crippen molar-refractivity contribution in [2.24, 2.45) is 23.7 Å². The maximum Gasteiger partial charge on any atom is 0.309 e. The Balaban J connectivity index is 1.35. The van der Waals surface area contributed by atoms with Crippen molar-refractivity contribution >= 4 is 23.5 Å². The molecule has 30 heavy (non-hydrogen) atoms. The predicted octanol–water partition coefficient (Wildman–Crippen LogP) is 4.17. The molecule has 0 aromatic carbocycles. The number of hydrogen-bond donors (Lipinski definition) is 0. The van der Waals surface area contributed by atoms with Gasteiger partial charge in [-0.05, 0) is 90.9 Å². The van der Waals surface area contributed by atoms with E-state index in [1.807, 2.05) is 0 Å². The van der Waals surface area contributed by atoms with E-state index in [4.69, 9.17) is 9.47 Å². The second-order valence-corrected chi connectivity index (χ2v) is 9.59. The molecule has 0 radical (unpaired) electrons. The molecule has 0 spiro atoms. The van der Waals surface area contributed by atoms with Crippen LogP contribution in [0.4, 0.5) is 0 Å². The summed E-state index contributed by atoms with van der Waals surface area (Å²) in [6, 6.07) is 0. The van der Waals surface area contributed by atoms with Crippen LogP contribution in [0, 0.1) is 23.7 Å². The zero-order valence-corrected chi connectivity index (χ0v) is 18.4. The Bertz CT molecular complexity index is 576. The van der Waals surface area contributed by atoms with Gasteiger partial charge in [-0.2, -0.15) is 0 Å². The summed E-state index contributed by atoms with van der Waals surface area (Å²) in [5.74, 6) is 0.161. The van der Waals surface area contributed by atoms with Gasteiger partial charge in [-0.1, -0.05) is 0 Å². The van der Waals surface area contributed by atoms with Crippen LogP contribution in [0.3, 0.4) is 0 Å². The van der Waals surface area contributed by atoms with Crippen LogP contribution in [0.2, 0.25) is 0 Å². The lowest BCUT2D eigenvalue weighted by Crippen LogP contribution is -2.34. The number of ether oxygens (including phenoxy) is 2. The first-order valence-corrected chi connectivity index (χ1v) is 11.7. The molecule has 0 aromatic rings. The summed E-state index contributed by atoms with van der Waals surface area (Å²) in [6.07, 6.45) is 8.82. The monoisotopic (exact) mass is 420 g/mol. The van der Waals surface area contributed by atoms with Crippen LogP contribution in [0.5, 0.6) is 0 Å². The summed E-state index contributed by atoms with van der Waals surface area (Å²) in [6.45, 7) is 3.27. The number of esters is 2. The van der Waals surface area contributed by atoms with Crippen molar-refractivity contribution in [2.45, 2.75) is 103 Å². The van der Waals surface area contributed by atoms with E-state index in [1.165, 1.54) is 0 Å². The van der Waals surface area contributed by atoms with E-state index in [0.717, 1.165) is 51.4 Å². The molecule has 6 nitrogen and oxygen atoms in total. The fourth-order valence-corrected chi connectivity index (χ4v) is 5.26. The Kier molecular flexibility index (Phi) is 8.06. The van der Waals surface area contributed by atoms with E-state index >= 15 is 0 Å². The molecule has 3 saturated carbocycles. The van der Waals surface area contributed by atoms with E-state index < -0.39 is 0 Å². The van der Waals surface area contributed by atoms with Gasteiger partial charge in [0.2, 0.25) is 0 Å². The Hall–Kier alpha value is -1.72. The van der Waals surface area contributed by atoms with E-state index in [-0.39, 0.29) is 59.4 Å². The van der Waals surface area contributed by atoms with Gasteiger partial charge in [-0.15, -0.1) is 0 Å². The van der Waals surface area contributed by atoms with Gasteiger partial charge >= 0.3 is 11.9 Å².